The van der Waals surface area contributed by atoms with Crippen molar-refractivity contribution in [2.75, 3.05) is 5.32 Å². The molecule has 1 aromatic heterocycles. The number of anilines is 1. The molecular weight excluding hydrogens is 328 g/mol. The van der Waals surface area contributed by atoms with E-state index in [2.05, 4.69) is 5.32 Å². The third-order valence-corrected chi connectivity index (χ3v) is 5.32. The van der Waals surface area contributed by atoms with E-state index in [1.165, 1.54) is 0 Å². The highest BCUT2D eigenvalue weighted by Gasteiger charge is 2.29. The number of aryl methyl sites for hydroxylation is 1. The molecular formula is C21H20N2O3. The van der Waals surface area contributed by atoms with Crippen LogP contribution in [0.2, 0.25) is 0 Å². The third kappa shape index (κ3) is 2.24. The minimum absolute atomic E-state index is 0.0461. The molecule has 3 aromatic rings. The molecule has 5 heteroatoms. The van der Waals surface area contributed by atoms with E-state index in [-0.39, 0.29) is 17.4 Å². The average molecular weight is 348 g/mol. The van der Waals surface area contributed by atoms with E-state index in [0.29, 0.717) is 17.5 Å². The van der Waals surface area contributed by atoms with Crippen LogP contribution in [0.5, 0.6) is 5.75 Å². The number of aromatic nitrogens is 1. The van der Waals surface area contributed by atoms with E-state index < -0.39 is 11.5 Å². The Morgan fingerprint density at radius 1 is 1.19 bits per heavy atom. The molecule has 132 valence electrons. The van der Waals surface area contributed by atoms with E-state index in [4.69, 9.17) is 0 Å². The summed E-state index contributed by atoms with van der Waals surface area (Å²) in [7, 11) is 0. The summed E-state index contributed by atoms with van der Waals surface area (Å²) in [6.45, 7) is 5.81. The zero-order chi connectivity index (χ0) is 18.6. The lowest BCUT2D eigenvalue weighted by Crippen LogP contribution is -2.30. The minimum atomic E-state index is -0.587. The van der Waals surface area contributed by atoms with Crippen molar-refractivity contribution >= 4 is 22.5 Å². The van der Waals surface area contributed by atoms with E-state index in [1.54, 1.807) is 16.7 Å². The summed E-state index contributed by atoms with van der Waals surface area (Å²) < 4.78 is 1.63. The number of hydrogen-bond acceptors (Lipinski definition) is 3. The highest BCUT2D eigenvalue weighted by molar-refractivity contribution is 6.09. The van der Waals surface area contributed by atoms with Crippen molar-refractivity contribution < 1.29 is 9.90 Å². The van der Waals surface area contributed by atoms with Crippen LogP contribution in [0.4, 0.5) is 5.69 Å². The fourth-order valence-corrected chi connectivity index (χ4v) is 3.80. The first-order valence-electron chi connectivity index (χ1n) is 8.66. The summed E-state index contributed by atoms with van der Waals surface area (Å²) in [5.74, 6) is -0.837. The van der Waals surface area contributed by atoms with Gasteiger partial charge in [-0.25, -0.2) is 0 Å². The van der Waals surface area contributed by atoms with E-state index in [9.17, 15) is 14.7 Å². The smallest absolute Gasteiger partial charge is 0.268 e. The number of hydrogen-bond donors (Lipinski definition) is 2. The van der Waals surface area contributed by atoms with Crippen molar-refractivity contribution in [3.63, 3.8) is 0 Å². The van der Waals surface area contributed by atoms with Crippen LogP contribution in [0.15, 0.2) is 41.2 Å². The second kappa shape index (κ2) is 5.73. The van der Waals surface area contributed by atoms with E-state index >= 15 is 0 Å². The van der Waals surface area contributed by atoms with Gasteiger partial charge in [-0.1, -0.05) is 24.3 Å². The van der Waals surface area contributed by atoms with Gasteiger partial charge in [-0.2, -0.15) is 0 Å². The third-order valence-electron chi connectivity index (χ3n) is 5.32. The second-order valence-corrected chi connectivity index (χ2v) is 6.97. The second-order valence-electron chi connectivity index (χ2n) is 6.97. The highest BCUT2D eigenvalue weighted by Crippen LogP contribution is 2.36. The molecule has 1 amide bonds. The predicted molar refractivity (Wildman–Crippen MR) is 102 cm³/mol. The van der Waals surface area contributed by atoms with Gasteiger partial charge in [0.15, 0.2) is 0 Å². The largest absolute Gasteiger partial charge is 0.506 e. The number of aromatic hydroxyl groups is 1. The van der Waals surface area contributed by atoms with Crippen molar-refractivity contribution in [1.82, 2.24) is 4.57 Å². The summed E-state index contributed by atoms with van der Waals surface area (Å²) >= 11 is 0. The van der Waals surface area contributed by atoms with Crippen LogP contribution < -0.4 is 10.9 Å². The van der Waals surface area contributed by atoms with Crippen LogP contribution in [0.1, 0.15) is 40.0 Å². The zero-order valence-electron chi connectivity index (χ0n) is 15.0. The van der Waals surface area contributed by atoms with Gasteiger partial charge in [0.2, 0.25) is 0 Å². The van der Waals surface area contributed by atoms with Gasteiger partial charge in [0, 0.05) is 17.1 Å². The molecule has 1 atom stereocenters. The molecule has 1 aliphatic heterocycles. The molecule has 0 saturated carbocycles. The molecule has 4 rings (SSSR count). The van der Waals surface area contributed by atoms with Gasteiger partial charge < -0.3 is 15.0 Å². The zero-order valence-corrected chi connectivity index (χ0v) is 15.0. The fraction of sp³-hybridized carbons (Fsp3) is 0.238. The summed E-state index contributed by atoms with van der Waals surface area (Å²) in [5, 5.41) is 14.0. The van der Waals surface area contributed by atoms with E-state index in [1.807, 2.05) is 45.0 Å². The molecule has 5 nitrogen and oxygen atoms in total. The summed E-state index contributed by atoms with van der Waals surface area (Å²) in [6.07, 6.45) is 0.716. The van der Waals surface area contributed by atoms with Crippen LogP contribution in [0.25, 0.3) is 10.9 Å². The Kier molecular flexibility index (Phi) is 3.61. The molecule has 0 unspecified atom stereocenters. The average Bonchev–Trinajstić information content (AvgIpc) is 2.94. The van der Waals surface area contributed by atoms with Crippen LogP contribution in [-0.2, 0) is 6.42 Å². The van der Waals surface area contributed by atoms with Gasteiger partial charge in [-0.15, -0.1) is 0 Å². The predicted octanol–water partition coefficient (Wildman–Crippen LogP) is 3.69. The van der Waals surface area contributed by atoms with Gasteiger partial charge in [0.05, 0.1) is 5.52 Å². The summed E-state index contributed by atoms with van der Waals surface area (Å²) in [5.41, 5.74) is 3.70. The molecule has 0 aliphatic carbocycles. The molecule has 0 fully saturated rings. The van der Waals surface area contributed by atoms with E-state index in [0.717, 1.165) is 22.2 Å². The molecule has 2 N–H and O–H groups in total. The lowest BCUT2D eigenvalue weighted by Gasteiger charge is -2.15. The van der Waals surface area contributed by atoms with Crippen molar-refractivity contribution in [2.45, 2.75) is 33.2 Å². The quantitative estimate of drug-likeness (QED) is 0.742. The topological polar surface area (TPSA) is 71.3 Å². The molecule has 0 radical (unpaired) electrons. The Hall–Kier alpha value is -3.08. The normalized spacial score (nSPS) is 15.4. The summed E-state index contributed by atoms with van der Waals surface area (Å²) in [6, 6.07) is 11.1. The maximum absolute atomic E-state index is 13.0. The maximum Gasteiger partial charge on any atom is 0.268 e. The molecule has 2 aromatic carbocycles. The van der Waals surface area contributed by atoms with Crippen LogP contribution >= 0.6 is 0 Å². The molecule has 1 aliphatic rings. The number of carbonyl (C=O) groups excluding carboxylic acids is 1. The monoisotopic (exact) mass is 348 g/mol. The first-order chi connectivity index (χ1) is 12.4. The highest BCUT2D eigenvalue weighted by atomic mass is 16.3. The number of amides is 1. The lowest BCUT2D eigenvalue weighted by atomic mass is 10.1. The molecule has 0 saturated heterocycles. The van der Waals surface area contributed by atoms with Crippen LogP contribution in [0.3, 0.4) is 0 Å². The molecule has 0 spiro atoms. The van der Waals surface area contributed by atoms with Crippen molar-refractivity contribution in [3.05, 3.63) is 69.0 Å². The number of pyridine rings is 1. The Morgan fingerprint density at radius 3 is 2.69 bits per heavy atom. The van der Waals surface area contributed by atoms with Crippen molar-refractivity contribution in [3.8, 4) is 5.75 Å². The molecule has 0 bridgehead atoms. The lowest BCUT2D eigenvalue weighted by molar-refractivity contribution is 0.102. The molecule has 26 heavy (non-hydrogen) atoms. The Balaban J connectivity index is 1.89. The number of para-hydroxylation sites is 1. The Morgan fingerprint density at radius 2 is 1.92 bits per heavy atom. The van der Waals surface area contributed by atoms with Gasteiger partial charge in [0.25, 0.3) is 11.5 Å². The Bertz CT molecular complexity index is 1130. The SMILES string of the molecule is Cc1cccc(NC(=O)c2c(O)c3cccc4c3n(c2=O)[C@@H](C)C4)c1C. The first kappa shape index (κ1) is 16.4. The first-order valence-corrected chi connectivity index (χ1v) is 8.66. The standard InChI is InChI=1S/C21H20N2O3/c1-11-6-4-9-16(13(11)3)22-20(25)17-19(24)15-8-5-7-14-10-12(2)23(18(14)15)21(17)26/h4-9,12,24H,10H2,1-3H3,(H,22,25)/t12-/m0/s1. The number of nitrogens with one attached hydrogen (secondary N) is 1. The van der Waals surface area contributed by atoms with Crippen LogP contribution in [-0.4, -0.2) is 15.6 Å². The molecule has 2 heterocycles. The number of rotatable bonds is 2. The fourth-order valence-electron chi connectivity index (χ4n) is 3.80. The van der Waals surface area contributed by atoms with Gasteiger partial charge in [-0.05, 0) is 56.0 Å². The number of carbonyl (C=O) groups is 1. The van der Waals surface area contributed by atoms with Gasteiger partial charge in [0.1, 0.15) is 11.3 Å². The van der Waals surface area contributed by atoms with Crippen LogP contribution in [0, 0.1) is 13.8 Å². The van der Waals surface area contributed by atoms with Gasteiger partial charge >= 0.3 is 0 Å². The van der Waals surface area contributed by atoms with Gasteiger partial charge in [-0.3, -0.25) is 9.59 Å². The minimum Gasteiger partial charge on any atom is -0.506 e. The summed E-state index contributed by atoms with van der Waals surface area (Å²) in [4.78, 5) is 25.9. The number of benzene rings is 2. The van der Waals surface area contributed by atoms with Crippen molar-refractivity contribution in [1.29, 1.82) is 0 Å². The Labute approximate surface area is 150 Å². The van der Waals surface area contributed by atoms with Crippen molar-refractivity contribution in [2.24, 2.45) is 0 Å². The maximum atomic E-state index is 13.0. The number of nitrogens with zero attached hydrogens (tertiary/aromatic N) is 1.